The molecule has 1 atom stereocenters. The zero-order valence-electron chi connectivity index (χ0n) is 19.2. The molecule has 3 N–H and O–H groups in total. The molecule has 0 fully saturated rings. The molecular weight excluding hydrogens is 458 g/mol. The van der Waals surface area contributed by atoms with Crippen molar-refractivity contribution in [3.63, 3.8) is 0 Å². The first kappa shape index (κ1) is 25.7. The van der Waals surface area contributed by atoms with Crippen molar-refractivity contribution < 1.29 is 27.8 Å². The number of nitrogens with zero attached hydrogens (tertiary/aromatic N) is 1. The van der Waals surface area contributed by atoms with Gasteiger partial charge in [-0.1, -0.05) is 25.1 Å². The van der Waals surface area contributed by atoms with Crippen LogP contribution >= 0.6 is 0 Å². The number of aliphatic hydroxyl groups excluding tert-OH is 1. The number of benzene rings is 2. The van der Waals surface area contributed by atoms with E-state index in [1.165, 1.54) is 12.1 Å². The Labute approximate surface area is 200 Å². The molecule has 0 radical (unpaired) electrons. The van der Waals surface area contributed by atoms with Crippen LogP contribution in [0, 0.1) is 0 Å². The summed E-state index contributed by atoms with van der Waals surface area (Å²) in [5.41, 5.74) is 4.75. The molecule has 1 aliphatic rings. The summed E-state index contributed by atoms with van der Waals surface area (Å²) in [6.45, 7) is 2.92. The summed E-state index contributed by atoms with van der Waals surface area (Å²) in [6.07, 6.45) is 1.32. The van der Waals surface area contributed by atoms with Crippen molar-refractivity contribution in [3.8, 4) is 5.75 Å². The average Bonchev–Trinajstić information content (AvgIpc) is 3.30. The summed E-state index contributed by atoms with van der Waals surface area (Å²) in [5.74, 6) is 0.209. The highest BCUT2D eigenvalue weighted by atomic mass is 32.2. The first-order valence-electron chi connectivity index (χ1n) is 11.3. The van der Waals surface area contributed by atoms with Crippen molar-refractivity contribution in [2.45, 2.75) is 36.6 Å². The van der Waals surface area contributed by atoms with Crippen LogP contribution in [0.1, 0.15) is 31.7 Å². The minimum atomic E-state index is -3.60. The fourth-order valence-electron chi connectivity index (χ4n) is 3.33. The number of carbonyl (C=O) groups excluding carboxylic acids is 1. The van der Waals surface area contributed by atoms with Gasteiger partial charge in [-0.25, -0.2) is 18.8 Å². The van der Waals surface area contributed by atoms with Crippen LogP contribution < -0.4 is 15.6 Å². The van der Waals surface area contributed by atoms with Gasteiger partial charge in [-0.3, -0.25) is 10.2 Å². The van der Waals surface area contributed by atoms with E-state index in [-0.39, 0.29) is 36.2 Å². The Bertz CT molecular complexity index is 1070. The highest BCUT2D eigenvalue weighted by molar-refractivity contribution is 7.91. The number of hydrogen-bond acceptors (Lipinski definition) is 8. The molecule has 0 saturated heterocycles. The van der Waals surface area contributed by atoms with Crippen LogP contribution in [-0.4, -0.2) is 63.0 Å². The van der Waals surface area contributed by atoms with Crippen molar-refractivity contribution in [2.24, 2.45) is 4.99 Å². The number of sulfone groups is 1. The van der Waals surface area contributed by atoms with Gasteiger partial charge in [-0.15, -0.1) is 0 Å². The molecule has 0 unspecified atom stereocenters. The van der Waals surface area contributed by atoms with Gasteiger partial charge in [0.25, 0.3) is 5.91 Å². The molecule has 0 saturated carbocycles. The van der Waals surface area contributed by atoms with Gasteiger partial charge in [0.15, 0.2) is 15.4 Å². The van der Waals surface area contributed by atoms with Crippen LogP contribution in [0.25, 0.3) is 0 Å². The van der Waals surface area contributed by atoms with Crippen LogP contribution in [0.15, 0.2) is 64.5 Å². The number of aliphatic hydroxyl groups is 1. The quantitative estimate of drug-likeness (QED) is 0.290. The largest absolute Gasteiger partial charge is 0.494 e. The van der Waals surface area contributed by atoms with E-state index >= 15 is 0 Å². The third-order valence-corrected chi connectivity index (χ3v) is 7.05. The third kappa shape index (κ3) is 6.55. The van der Waals surface area contributed by atoms with Gasteiger partial charge in [0.2, 0.25) is 5.90 Å². The SMILES string of the molecule is CCCNNC(=O)[C@]1(CCS(=O)(=O)c2ccccc2)COC(c2ccc(OCCCO)cc2)=N1. The van der Waals surface area contributed by atoms with Gasteiger partial charge in [-0.2, -0.15) is 0 Å². The Morgan fingerprint density at radius 3 is 2.59 bits per heavy atom. The number of carbonyl (C=O) groups is 1. The normalized spacial score (nSPS) is 17.6. The van der Waals surface area contributed by atoms with Gasteiger partial charge in [-0.05, 0) is 49.2 Å². The first-order chi connectivity index (χ1) is 16.4. The first-order valence-corrected chi connectivity index (χ1v) is 12.9. The Hall–Kier alpha value is -2.95. The predicted molar refractivity (Wildman–Crippen MR) is 128 cm³/mol. The van der Waals surface area contributed by atoms with Crippen molar-refractivity contribution in [1.82, 2.24) is 10.9 Å². The van der Waals surface area contributed by atoms with Crippen LogP contribution in [0.3, 0.4) is 0 Å². The van der Waals surface area contributed by atoms with E-state index < -0.39 is 21.3 Å². The lowest BCUT2D eigenvalue weighted by molar-refractivity contribution is -0.127. The van der Waals surface area contributed by atoms with Crippen LogP contribution in [0.2, 0.25) is 0 Å². The molecule has 9 nitrogen and oxygen atoms in total. The van der Waals surface area contributed by atoms with Gasteiger partial charge >= 0.3 is 0 Å². The minimum absolute atomic E-state index is 0.0320. The van der Waals surface area contributed by atoms with Crippen molar-refractivity contribution in [3.05, 3.63) is 60.2 Å². The number of rotatable bonds is 13. The fourth-order valence-corrected chi connectivity index (χ4v) is 4.75. The molecule has 0 bridgehead atoms. The second kappa shape index (κ2) is 12.0. The smallest absolute Gasteiger partial charge is 0.265 e. The molecule has 184 valence electrons. The Balaban J connectivity index is 1.79. The molecule has 1 amide bonds. The van der Waals surface area contributed by atoms with E-state index in [1.807, 2.05) is 6.92 Å². The van der Waals surface area contributed by atoms with Crippen LogP contribution in [0.5, 0.6) is 5.75 Å². The predicted octanol–water partition coefficient (Wildman–Crippen LogP) is 1.86. The molecule has 2 aromatic carbocycles. The molecule has 10 heteroatoms. The molecular formula is C24H31N3O6S. The zero-order valence-corrected chi connectivity index (χ0v) is 20.0. The summed E-state index contributed by atoms with van der Waals surface area (Å²) in [4.78, 5) is 17.9. The summed E-state index contributed by atoms with van der Waals surface area (Å²) in [6, 6.07) is 15.2. The number of aliphatic imine (C=N–C) groups is 1. The highest BCUT2D eigenvalue weighted by Gasteiger charge is 2.45. The minimum Gasteiger partial charge on any atom is -0.494 e. The van der Waals surface area contributed by atoms with Gasteiger partial charge < -0.3 is 14.6 Å². The maximum atomic E-state index is 13.1. The second-order valence-corrected chi connectivity index (χ2v) is 10.1. The second-order valence-electron chi connectivity index (χ2n) is 7.95. The topological polar surface area (TPSA) is 126 Å². The summed E-state index contributed by atoms with van der Waals surface area (Å²) >= 11 is 0. The number of amides is 1. The van der Waals surface area contributed by atoms with Gasteiger partial charge in [0.05, 0.1) is 17.3 Å². The summed E-state index contributed by atoms with van der Waals surface area (Å²) in [7, 11) is -3.60. The van der Waals surface area contributed by atoms with Crippen molar-refractivity contribution in [2.75, 3.05) is 32.1 Å². The van der Waals surface area contributed by atoms with E-state index in [0.29, 0.717) is 30.9 Å². The van der Waals surface area contributed by atoms with Gasteiger partial charge in [0.1, 0.15) is 12.4 Å². The molecule has 1 heterocycles. The van der Waals surface area contributed by atoms with Gasteiger partial charge in [0, 0.05) is 25.1 Å². The molecule has 1 aliphatic heterocycles. The number of hydrazine groups is 1. The zero-order chi connectivity index (χ0) is 24.4. The Kier molecular flexibility index (Phi) is 9.03. The summed E-state index contributed by atoms with van der Waals surface area (Å²) < 4.78 is 37.0. The molecule has 0 aromatic heterocycles. The maximum Gasteiger partial charge on any atom is 0.265 e. The fraction of sp³-hybridized carbons (Fsp3) is 0.417. The number of ether oxygens (including phenoxy) is 2. The lowest BCUT2D eigenvalue weighted by Gasteiger charge is -2.23. The molecule has 2 aromatic rings. The third-order valence-electron chi connectivity index (χ3n) is 5.32. The van der Waals surface area contributed by atoms with E-state index in [4.69, 9.17) is 14.6 Å². The number of nitrogens with one attached hydrogen (secondary N) is 2. The molecule has 0 aliphatic carbocycles. The molecule has 34 heavy (non-hydrogen) atoms. The van der Waals surface area contributed by atoms with E-state index in [2.05, 4.69) is 15.8 Å². The number of hydrogen-bond donors (Lipinski definition) is 3. The van der Waals surface area contributed by atoms with E-state index in [1.54, 1.807) is 42.5 Å². The molecule has 3 rings (SSSR count). The van der Waals surface area contributed by atoms with Crippen molar-refractivity contribution >= 4 is 21.6 Å². The van der Waals surface area contributed by atoms with E-state index in [0.717, 1.165) is 6.42 Å². The summed E-state index contributed by atoms with van der Waals surface area (Å²) in [5, 5.41) is 8.87. The van der Waals surface area contributed by atoms with Crippen molar-refractivity contribution in [1.29, 1.82) is 0 Å². The lowest BCUT2D eigenvalue weighted by atomic mass is 9.98. The van der Waals surface area contributed by atoms with E-state index in [9.17, 15) is 13.2 Å². The standard InChI is InChI=1S/C24H31N3O6S/c1-2-14-25-27-23(29)24(13-17-34(30,31)21-7-4-3-5-8-21)18-33-22(26-24)19-9-11-20(12-10-19)32-16-6-15-28/h3-5,7-12,25,28H,2,6,13-18H2,1H3,(H,27,29)/t24-/m0/s1. The van der Waals surface area contributed by atoms with Crippen LogP contribution in [0.4, 0.5) is 0 Å². The lowest BCUT2D eigenvalue weighted by Crippen LogP contribution is -2.52. The molecule has 0 spiro atoms. The maximum absolute atomic E-state index is 13.1. The Morgan fingerprint density at radius 2 is 1.91 bits per heavy atom. The van der Waals surface area contributed by atoms with Crippen LogP contribution in [-0.2, 0) is 19.4 Å². The average molecular weight is 490 g/mol. The Morgan fingerprint density at radius 1 is 1.18 bits per heavy atom. The monoisotopic (exact) mass is 489 g/mol. The highest BCUT2D eigenvalue weighted by Crippen LogP contribution is 2.28.